The Labute approximate surface area is 307 Å². The van der Waals surface area contributed by atoms with E-state index in [0.29, 0.717) is 22.3 Å². The van der Waals surface area contributed by atoms with Crippen molar-refractivity contribution in [3.8, 4) is 0 Å². The minimum atomic E-state index is -1.10. The number of hydrogen-bond donors (Lipinski definition) is 0. The number of nitrogens with zero attached hydrogens (tertiary/aromatic N) is 4. The minimum Gasteiger partial charge on any atom is -0.465 e. The summed E-state index contributed by atoms with van der Waals surface area (Å²) in [5.74, 6) is -5.45. The van der Waals surface area contributed by atoms with Crippen LogP contribution >= 0.6 is 22.7 Å². The number of imide groups is 2. The number of anilines is 2. The van der Waals surface area contributed by atoms with E-state index in [0.717, 1.165) is 19.6 Å². The Bertz CT molecular complexity index is 2060. The van der Waals surface area contributed by atoms with Gasteiger partial charge in [-0.15, -0.1) is 22.7 Å². The van der Waals surface area contributed by atoms with E-state index in [1.165, 1.54) is 36.9 Å². The smallest absolute Gasteiger partial charge is 0.341 e. The molecule has 2 aromatic carbocycles. The number of amides is 4. The molecular weight excluding hydrogens is 705 g/mol. The van der Waals surface area contributed by atoms with Gasteiger partial charge in [0.1, 0.15) is 22.1 Å². The molecule has 8 rings (SSSR count). The molecule has 4 amide bonds. The van der Waals surface area contributed by atoms with Crippen LogP contribution in [0.5, 0.6) is 0 Å². The van der Waals surface area contributed by atoms with Crippen LogP contribution in [0.3, 0.4) is 0 Å². The van der Waals surface area contributed by atoms with E-state index in [1.54, 1.807) is 23.9 Å². The van der Waals surface area contributed by atoms with Crippen molar-refractivity contribution in [3.05, 3.63) is 104 Å². The lowest BCUT2D eigenvalue weighted by Crippen LogP contribution is -2.50. The molecule has 266 valence electrons. The molecule has 4 aliphatic heterocycles. The van der Waals surface area contributed by atoms with Crippen LogP contribution in [0.2, 0.25) is 0 Å². The third-order valence-electron chi connectivity index (χ3n) is 10.9. The highest BCUT2D eigenvalue weighted by atomic mass is 32.1. The second kappa shape index (κ2) is 12.3. The van der Waals surface area contributed by atoms with Gasteiger partial charge in [-0.2, -0.15) is 0 Å². The summed E-state index contributed by atoms with van der Waals surface area (Å²) in [6, 6.07) is 14.5. The molecule has 4 aliphatic rings. The Morgan fingerprint density at radius 2 is 0.885 bits per heavy atom. The fourth-order valence-electron chi connectivity index (χ4n) is 8.42. The van der Waals surface area contributed by atoms with Crippen molar-refractivity contribution in [3.63, 3.8) is 0 Å². The molecule has 2 aromatic heterocycles. The number of aryl methyl sites for hydroxylation is 2. The Morgan fingerprint density at radius 1 is 0.538 bits per heavy atom. The number of rotatable bonds is 6. The largest absolute Gasteiger partial charge is 0.465 e. The maximum atomic E-state index is 14.9. The Balaban J connectivity index is 1.33. The Hall–Kier alpha value is -5.02. The SMILES string of the molecule is COC(=O)c1c(N2C(=O)[C@@H]3[C@@H](C2=O)N2[C@@H](c4ccccc4)[C@@H]4C(=O)N(c5sc(C)c(C)c5C(=O)OC)C(=O)[C@@H]4N2[C@@H]3c2ccccc2)sc(C)c1C. The summed E-state index contributed by atoms with van der Waals surface area (Å²) in [5, 5.41) is 3.93. The molecular formula is C38H34N4O8S2. The Morgan fingerprint density at radius 3 is 1.21 bits per heavy atom. The van der Waals surface area contributed by atoms with Gasteiger partial charge < -0.3 is 9.47 Å². The fourth-order valence-corrected chi connectivity index (χ4v) is 10.7. The van der Waals surface area contributed by atoms with Crippen molar-refractivity contribution in [2.24, 2.45) is 11.8 Å². The fraction of sp³-hybridized carbons (Fsp3) is 0.316. The zero-order chi connectivity index (χ0) is 36.9. The molecule has 6 atom stereocenters. The molecule has 14 heteroatoms. The second-order valence-electron chi connectivity index (χ2n) is 13.3. The van der Waals surface area contributed by atoms with Crippen LogP contribution in [0.15, 0.2) is 60.7 Å². The van der Waals surface area contributed by atoms with Gasteiger partial charge in [0, 0.05) is 9.75 Å². The van der Waals surface area contributed by atoms with Crippen LogP contribution in [0.25, 0.3) is 0 Å². The average molecular weight is 739 g/mol. The van der Waals surface area contributed by atoms with Crippen molar-refractivity contribution < 1.29 is 38.2 Å². The molecule has 0 saturated carbocycles. The molecule has 4 aromatic rings. The maximum absolute atomic E-state index is 14.9. The first-order chi connectivity index (χ1) is 24.9. The molecule has 0 aliphatic carbocycles. The lowest BCUT2D eigenvalue weighted by atomic mass is 9.84. The van der Waals surface area contributed by atoms with Crippen LogP contribution in [0.4, 0.5) is 10.0 Å². The van der Waals surface area contributed by atoms with Crippen LogP contribution < -0.4 is 9.80 Å². The number of hydrogen-bond acceptors (Lipinski definition) is 12. The summed E-state index contributed by atoms with van der Waals surface area (Å²) in [4.78, 5) is 89.3. The first-order valence-corrected chi connectivity index (χ1v) is 18.4. The lowest BCUT2D eigenvalue weighted by Gasteiger charge is -2.35. The highest BCUT2D eigenvalue weighted by molar-refractivity contribution is 7.17. The number of fused-ring (bicyclic) bond motifs is 5. The molecule has 52 heavy (non-hydrogen) atoms. The van der Waals surface area contributed by atoms with E-state index in [-0.39, 0.29) is 21.1 Å². The third-order valence-corrected chi connectivity index (χ3v) is 13.3. The number of thiophene rings is 2. The van der Waals surface area contributed by atoms with Gasteiger partial charge in [-0.3, -0.25) is 19.2 Å². The lowest BCUT2D eigenvalue weighted by molar-refractivity contribution is -0.135. The zero-order valence-corrected chi connectivity index (χ0v) is 30.7. The molecule has 0 unspecified atom stereocenters. The maximum Gasteiger partial charge on any atom is 0.341 e. The predicted molar refractivity (Wildman–Crippen MR) is 192 cm³/mol. The number of ether oxygens (including phenoxy) is 2. The summed E-state index contributed by atoms with van der Waals surface area (Å²) in [6.07, 6.45) is 0. The van der Waals surface area contributed by atoms with E-state index >= 15 is 0 Å². The van der Waals surface area contributed by atoms with Gasteiger partial charge in [-0.1, -0.05) is 60.7 Å². The van der Waals surface area contributed by atoms with Gasteiger partial charge >= 0.3 is 11.9 Å². The number of carbonyl (C=O) groups is 6. The molecule has 4 saturated heterocycles. The Kier molecular flexibility index (Phi) is 8.06. The van der Waals surface area contributed by atoms with Crippen molar-refractivity contribution in [2.75, 3.05) is 24.0 Å². The van der Waals surface area contributed by atoms with E-state index in [2.05, 4.69) is 0 Å². The molecule has 4 fully saturated rings. The van der Waals surface area contributed by atoms with Crippen molar-refractivity contribution in [2.45, 2.75) is 51.9 Å². The second-order valence-corrected chi connectivity index (χ2v) is 15.8. The molecule has 0 bridgehead atoms. The van der Waals surface area contributed by atoms with Crippen LogP contribution in [0.1, 0.15) is 64.8 Å². The summed E-state index contributed by atoms with van der Waals surface area (Å²) in [5.41, 5.74) is 2.90. The monoisotopic (exact) mass is 738 g/mol. The predicted octanol–water partition coefficient (Wildman–Crippen LogP) is 5.06. The molecule has 0 N–H and O–H groups in total. The van der Waals surface area contributed by atoms with Gasteiger partial charge in [-0.25, -0.2) is 29.4 Å². The summed E-state index contributed by atoms with van der Waals surface area (Å²) in [7, 11) is 2.50. The normalized spacial score (nSPS) is 25.6. The van der Waals surface area contributed by atoms with Crippen molar-refractivity contribution >= 4 is 68.2 Å². The minimum absolute atomic E-state index is 0.154. The third kappa shape index (κ3) is 4.50. The number of benzene rings is 2. The standard InChI is InChI=1S/C38H34N4O8S2/c1-17-19(3)51-35(23(17)37(47)49-5)39-31(43)25-27(21-13-9-7-10-14-21)42-30-26(28(22-15-11-8-12-16-22)41(42)29(25)33(39)45)32(44)40(34(30)46)36-24(38(48)50-6)18(2)20(4)52-36/h7-16,25-30H,1-6H3/t25-,26-,27-,28+,29+,30-/m0/s1. The molecule has 0 spiro atoms. The summed E-state index contributed by atoms with van der Waals surface area (Å²) in [6.45, 7) is 7.13. The van der Waals surface area contributed by atoms with Gasteiger partial charge in [0.25, 0.3) is 11.8 Å². The zero-order valence-electron chi connectivity index (χ0n) is 29.1. The van der Waals surface area contributed by atoms with Gasteiger partial charge in [0.15, 0.2) is 0 Å². The van der Waals surface area contributed by atoms with E-state index in [9.17, 15) is 28.8 Å². The molecule has 12 nitrogen and oxygen atoms in total. The highest BCUT2D eigenvalue weighted by Crippen LogP contribution is 2.60. The summed E-state index contributed by atoms with van der Waals surface area (Å²) < 4.78 is 10.2. The number of methoxy groups -OCH3 is 2. The summed E-state index contributed by atoms with van der Waals surface area (Å²) >= 11 is 2.34. The topological polar surface area (TPSA) is 134 Å². The van der Waals surface area contributed by atoms with E-state index in [4.69, 9.17) is 9.47 Å². The van der Waals surface area contributed by atoms with Crippen molar-refractivity contribution in [1.29, 1.82) is 0 Å². The van der Waals surface area contributed by atoms with Crippen LogP contribution in [-0.4, -0.2) is 71.9 Å². The van der Waals surface area contributed by atoms with Gasteiger partial charge in [-0.05, 0) is 49.9 Å². The first kappa shape index (κ1) is 34.1. The first-order valence-electron chi connectivity index (χ1n) is 16.7. The van der Waals surface area contributed by atoms with Crippen molar-refractivity contribution in [1.82, 2.24) is 10.0 Å². The van der Waals surface area contributed by atoms with E-state index in [1.807, 2.05) is 74.5 Å². The molecule has 0 radical (unpaired) electrons. The quantitative estimate of drug-likeness (QED) is 0.195. The number of esters is 2. The number of carbonyl (C=O) groups excluding carboxylic acids is 6. The van der Waals surface area contributed by atoms with Crippen LogP contribution in [0, 0.1) is 39.5 Å². The van der Waals surface area contributed by atoms with Gasteiger partial charge in [0.05, 0.1) is 49.3 Å². The highest BCUT2D eigenvalue weighted by Gasteiger charge is 2.74. The van der Waals surface area contributed by atoms with Gasteiger partial charge in [0.2, 0.25) is 11.8 Å². The van der Waals surface area contributed by atoms with E-state index < -0.39 is 71.6 Å². The van der Waals surface area contributed by atoms with Crippen LogP contribution in [-0.2, 0) is 28.7 Å². The average Bonchev–Trinajstić information content (AvgIpc) is 3.93. The number of hydrazine groups is 1. The molecule has 6 heterocycles.